The Morgan fingerprint density at radius 1 is 1.85 bits per heavy atom. The summed E-state index contributed by atoms with van der Waals surface area (Å²) in [6, 6.07) is -0.484. The van der Waals surface area contributed by atoms with Gasteiger partial charge >= 0.3 is 0 Å². The lowest BCUT2D eigenvalue weighted by molar-refractivity contribution is -0.121. The third-order valence-electron chi connectivity index (χ3n) is 1.46. The van der Waals surface area contributed by atoms with E-state index in [-0.39, 0.29) is 5.91 Å². The van der Waals surface area contributed by atoms with Crippen molar-refractivity contribution in [3.05, 3.63) is 12.2 Å². The molecule has 0 saturated carbocycles. The van der Waals surface area contributed by atoms with Crippen LogP contribution in [0.15, 0.2) is 10.9 Å². The van der Waals surface area contributed by atoms with E-state index in [4.69, 9.17) is 10.3 Å². The fraction of sp³-hybridized carbons (Fsp3) is 0.571. The lowest BCUT2D eigenvalue weighted by Crippen LogP contribution is -2.39. The number of carbonyl (C=O) groups excluding carboxylic acids is 1. The van der Waals surface area contributed by atoms with Crippen molar-refractivity contribution in [3.63, 3.8) is 0 Å². The Morgan fingerprint density at radius 3 is 3.15 bits per heavy atom. The highest BCUT2D eigenvalue weighted by molar-refractivity contribution is 5.80. The zero-order chi connectivity index (χ0) is 9.68. The minimum Gasteiger partial charge on any atom is -0.354 e. The topological polar surface area (TPSA) is 94.0 Å². The number of nitrogens with zero attached hydrogens (tertiary/aromatic N) is 2. The van der Waals surface area contributed by atoms with E-state index in [1.54, 1.807) is 6.92 Å². The van der Waals surface area contributed by atoms with E-state index in [1.807, 2.05) is 0 Å². The summed E-state index contributed by atoms with van der Waals surface area (Å²) in [7, 11) is 0. The largest absolute Gasteiger partial charge is 0.354 e. The molecule has 1 unspecified atom stereocenters. The van der Waals surface area contributed by atoms with Crippen LogP contribution < -0.4 is 11.1 Å². The molecule has 1 rings (SSSR count). The molecule has 13 heavy (non-hydrogen) atoms. The Hall–Kier alpha value is -1.43. The number of amides is 1. The highest BCUT2D eigenvalue weighted by Crippen LogP contribution is 1.90. The molecule has 0 saturated heterocycles. The van der Waals surface area contributed by atoms with E-state index in [1.165, 1.54) is 6.33 Å². The van der Waals surface area contributed by atoms with E-state index in [9.17, 15) is 4.79 Å². The summed E-state index contributed by atoms with van der Waals surface area (Å²) in [6.07, 6.45) is 1.85. The number of rotatable bonds is 4. The lowest BCUT2D eigenvalue weighted by atomic mass is 10.3. The number of carbonyl (C=O) groups is 1. The molecule has 0 aromatic carbocycles. The van der Waals surface area contributed by atoms with Crippen molar-refractivity contribution in [2.75, 3.05) is 6.54 Å². The van der Waals surface area contributed by atoms with Gasteiger partial charge in [0.25, 0.3) is 0 Å². The van der Waals surface area contributed by atoms with Crippen molar-refractivity contribution in [1.29, 1.82) is 0 Å². The predicted octanol–water partition coefficient (Wildman–Crippen LogP) is -0.924. The molecule has 1 heterocycles. The second-order valence-electron chi connectivity index (χ2n) is 2.66. The number of nitrogens with two attached hydrogens (primary N) is 1. The fourth-order valence-electron chi connectivity index (χ4n) is 0.760. The van der Waals surface area contributed by atoms with Gasteiger partial charge in [-0.3, -0.25) is 4.79 Å². The maximum absolute atomic E-state index is 11.0. The third-order valence-corrected chi connectivity index (χ3v) is 1.46. The summed E-state index contributed by atoms with van der Waals surface area (Å²) in [5.74, 6) is 0.324. The normalized spacial score (nSPS) is 12.5. The van der Waals surface area contributed by atoms with Crippen LogP contribution in [0.3, 0.4) is 0 Å². The van der Waals surface area contributed by atoms with Crippen molar-refractivity contribution in [2.24, 2.45) is 5.73 Å². The molecule has 1 atom stereocenters. The summed E-state index contributed by atoms with van der Waals surface area (Å²) in [4.78, 5) is 14.8. The molecular weight excluding hydrogens is 172 g/mol. The molecule has 0 radical (unpaired) electrons. The van der Waals surface area contributed by atoms with Crippen LogP contribution in [-0.4, -0.2) is 28.6 Å². The van der Waals surface area contributed by atoms with Crippen molar-refractivity contribution in [3.8, 4) is 0 Å². The molecule has 1 aromatic rings. The molecular formula is C7H12N4O2. The molecule has 6 nitrogen and oxygen atoms in total. The van der Waals surface area contributed by atoms with Gasteiger partial charge in [-0.2, -0.15) is 4.98 Å². The highest BCUT2D eigenvalue weighted by Gasteiger charge is 2.06. The van der Waals surface area contributed by atoms with E-state index in [2.05, 4.69) is 15.5 Å². The van der Waals surface area contributed by atoms with Gasteiger partial charge in [0, 0.05) is 13.0 Å². The summed E-state index contributed by atoms with van der Waals surface area (Å²) >= 11 is 0. The Bertz CT molecular complexity index is 257. The lowest BCUT2D eigenvalue weighted by Gasteiger charge is -2.05. The van der Waals surface area contributed by atoms with Crippen molar-refractivity contribution < 1.29 is 9.32 Å². The van der Waals surface area contributed by atoms with Crippen molar-refractivity contribution in [2.45, 2.75) is 19.4 Å². The van der Waals surface area contributed by atoms with Gasteiger partial charge < -0.3 is 15.6 Å². The van der Waals surface area contributed by atoms with Gasteiger partial charge in [-0.25, -0.2) is 0 Å². The first-order valence-corrected chi connectivity index (χ1v) is 3.99. The van der Waals surface area contributed by atoms with E-state index < -0.39 is 6.04 Å². The first-order chi connectivity index (χ1) is 6.20. The fourth-order valence-corrected chi connectivity index (χ4v) is 0.760. The van der Waals surface area contributed by atoms with Gasteiger partial charge in [0.2, 0.25) is 11.8 Å². The SMILES string of the molecule is CC(N)C(=O)NCCc1ncno1. The van der Waals surface area contributed by atoms with Gasteiger partial charge in [0.1, 0.15) is 0 Å². The summed E-state index contributed by atoms with van der Waals surface area (Å²) in [5, 5.41) is 6.06. The minimum atomic E-state index is -0.484. The Kier molecular flexibility index (Phi) is 3.39. The van der Waals surface area contributed by atoms with Crippen molar-refractivity contribution >= 4 is 5.91 Å². The molecule has 0 spiro atoms. The smallest absolute Gasteiger partial charge is 0.236 e. The van der Waals surface area contributed by atoms with Crippen LogP contribution in [-0.2, 0) is 11.2 Å². The summed E-state index contributed by atoms with van der Waals surface area (Å²) in [6.45, 7) is 2.09. The molecule has 0 aliphatic carbocycles. The van der Waals surface area contributed by atoms with Crippen LogP contribution in [0, 0.1) is 0 Å². The third kappa shape index (κ3) is 3.20. The monoisotopic (exact) mass is 184 g/mol. The number of hydrogen-bond donors (Lipinski definition) is 2. The molecule has 0 aliphatic rings. The average molecular weight is 184 g/mol. The standard InChI is InChI=1S/C7H12N4O2/c1-5(8)7(12)9-3-2-6-10-4-11-13-6/h4-5H,2-3,8H2,1H3,(H,9,12). The first kappa shape index (κ1) is 9.66. The molecule has 1 amide bonds. The van der Waals surface area contributed by atoms with Gasteiger partial charge in [0.05, 0.1) is 6.04 Å². The summed E-state index contributed by atoms with van der Waals surface area (Å²) < 4.78 is 4.73. The van der Waals surface area contributed by atoms with Crippen LogP contribution in [0.1, 0.15) is 12.8 Å². The molecule has 0 fully saturated rings. The number of nitrogens with one attached hydrogen (secondary N) is 1. The molecule has 72 valence electrons. The summed E-state index contributed by atoms with van der Waals surface area (Å²) in [5.41, 5.74) is 5.33. The first-order valence-electron chi connectivity index (χ1n) is 3.99. The average Bonchev–Trinajstić information content (AvgIpc) is 2.56. The predicted molar refractivity (Wildman–Crippen MR) is 44.7 cm³/mol. The maximum Gasteiger partial charge on any atom is 0.236 e. The Labute approximate surface area is 75.5 Å². The van der Waals surface area contributed by atoms with Crippen LogP contribution >= 0.6 is 0 Å². The van der Waals surface area contributed by atoms with Gasteiger partial charge in [-0.05, 0) is 6.92 Å². The molecule has 3 N–H and O–H groups in total. The van der Waals surface area contributed by atoms with Gasteiger partial charge in [-0.1, -0.05) is 5.16 Å². The Morgan fingerprint density at radius 2 is 2.62 bits per heavy atom. The number of aromatic nitrogens is 2. The maximum atomic E-state index is 11.0. The van der Waals surface area contributed by atoms with Gasteiger partial charge in [0.15, 0.2) is 6.33 Å². The molecule has 0 aliphatic heterocycles. The zero-order valence-electron chi connectivity index (χ0n) is 7.36. The van der Waals surface area contributed by atoms with Crippen LogP contribution in [0.2, 0.25) is 0 Å². The number of hydrogen-bond acceptors (Lipinski definition) is 5. The quantitative estimate of drug-likeness (QED) is 0.630. The van der Waals surface area contributed by atoms with Crippen LogP contribution in [0.25, 0.3) is 0 Å². The molecule has 1 aromatic heterocycles. The van der Waals surface area contributed by atoms with E-state index in [0.717, 1.165) is 0 Å². The van der Waals surface area contributed by atoms with Crippen LogP contribution in [0.5, 0.6) is 0 Å². The van der Waals surface area contributed by atoms with Crippen LogP contribution in [0.4, 0.5) is 0 Å². The van der Waals surface area contributed by atoms with Crippen molar-refractivity contribution in [1.82, 2.24) is 15.5 Å². The molecule has 0 bridgehead atoms. The van der Waals surface area contributed by atoms with Gasteiger partial charge in [-0.15, -0.1) is 0 Å². The Balaban J connectivity index is 2.18. The second kappa shape index (κ2) is 4.56. The molecule has 6 heteroatoms. The zero-order valence-corrected chi connectivity index (χ0v) is 7.36. The highest BCUT2D eigenvalue weighted by atomic mass is 16.5. The van der Waals surface area contributed by atoms with E-state index >= 15 is 0 Å². The van der Waals surface area contributed by atoms with E-state index in [0.29, 0.717) is 18.9 Å². The minimum absolute atomic E-state index is 0.181. The second-order valence-corrected chi connectivity index (χ2v) is 2.66.